The first-order valence-corrected chi connectivity index (χ1v) is 7.92. The number of methoxy groups -OCH3 is 1. The minimum atomic E-state index is -0.715. The van der Waals surface area contributed by atoms with E-state index in [2.05, 4.69) is 4.74 Å². The van der Waals surface area contributed by atoms with Crippen LogP contribution >= 0.6 is 0 Å². The fourth-order valence-corrected chi connectivity index (χ4v) is 2.83. The Labute approximate surface area is 136 Å². The summed E-state index contributed by atoms with van der Waals surface area (Å²) < 4.78 is 10.1. The monoisotopic (exact) mass is 320 g/mol. The third kappa shape index (κ3) is 4.96. The van der Waals surface area contributed by atoms with Crippen LogP contribution in [0.1, 0.15) is 31.2 Å². The Morgan fingerprint density at radius 3 is 2.74 bits per heavy atom. The van der Waals surface area contributed by atoms with Crippen molar-refractivity contribution >= 4 is 12.1 Å². The first-order valence-electron chi connectivity index (χ1n) is 7.92. The molecule has 0 radical (unpaired) electrons. The Kier molecular flexibility index (Phi) is 6.40. The minimum Gasteiger partial charge on any atom is -0.468 e. The van der Waals surface area contributed by atoms with E-state index in [9.17, 15) is 9.59 Å². The molecule has 0 spiro atoms. The molecule has 1 fully saturated rings. The summed E-state index contributed by atoms with van der Waals surface area (Å²) in [5, 5.41) is 0. The lowest BCUT2D eigenvalue weighted by atomic mass is 9.96. The summed E-state index contributed by atoms with van der Waals surface area (Å²) in [5.41, 5.74) is 6.78. The SMILES string of the molecule is COC(=O)C(N)CC1CCCCN1C(=O)OCc1ccccc1. The summed E-state index contributed by atoms with van der Waals surface area (Å²) in [6.45, 7) is 0.873. The molecule has 1 saturated heterocycles. The fraction of sp³-hybridized carbons (Fsp3) is 0.529. The zero-order chi connectivity index (χ0) is 16.7. The quantitative estimate of drug-likeness (QED) is 0.840. The highest BCUT2D eigenvalue weighted by Gasteiger charge is 2.31. The van der Waals surface area contributed by atoms with E-state index in [0.717, 1.165) is 24.8 Å². The van der Waals surface area contributed by atoms with Gasteiger partial charge in [0.2, 0.25) is 0 Å². The number of likely N-dealkylation sites (tertiary alicyclic amines) is 1. The van der Waals surface area contributed by atoms with E-state index in [1.165, 1.54) is 7.11 Å². The van der Waals surface area contributed by atoms with Crippen molar-refractivity contribution in [1.29, 1.82) is 0 Å². The Morgan fingerprint density at radius 2 is 2.04 bits per heavy atom. The van der Waals surface area contributed by atoms with Crippen molar-refractivity contribution < 1.29 is 19.1 Å². The van der Waals surface area contributed by atoms with Gasteiger partial charge in [0.25, 0.3) is 0 Å². The molecule has 1 aliphatic heterocycles. The number of esters is 1. The number of benzene rings is 1. The highest BCUT2D eigenvalue weighted by molar-refractivity contribution is 5.75. The highest BCUT2D eigenvalue weighted by Crippen LogP contribution is 2.22. The molecule has 2 atom stereocenters. The van der Waals surface area contributed by atoms with Crippen LogP contribution in [0.25, 0.3) is 0 Å². The lowest BCUT2D eigenvalue weighted by Gasteiger charge is -2.35. The molecule has 126 valence electrons. The molecule has 1 aromatic rings. The molecule has 2 rings (SSSR count). The van der Waals surface area contributed by atoms with E-state index >= 15 is 0 Å². The zero-order valence-corrected chi connectivity index (χ0v) is 13.4. The van der Waals surface area contributed by atoms with Crippen molar-refractivity contribution in [2.75, 3.05) is 13.7 Å². The van der Waals surface area contributed by atoms with Crippen molar-refractivity contribution in [1.82, 2.24) is 4.90 Å². The maximum Gasteiger partial charge on any atom is 0.410 e. The Morgan fingerprint density at radius 1 is 1.30 bits per heavy atom. The van der Waals surface area contributed by atoms with Crippen LogP contribution in [0, 0.1) is 0 Å². The third-order valence-electron chi connectivity index (χ3n) is 4.10. The van der Waals surface area contributed by atoms with Crippen molar-refractivity contribution in [2.24, 2.45) is 5.73 Å². The predicted octanol–water partition coefficient (Wildman–Crippen LogP) is 2.07. The van der Waals surface area contributed by atoms with Gasteiger partial charge in [0.15, 0.2) is 0 Å². The lowest BCUT2D eigenvalue weighted by molar-refractivity contribution is -0.142. The standard InChI is InChI=1S/C17H24N2O4/c1-22-16(20)15(18)11-14-9-5-6-10-19(14)17(21)23-12-13-7-3-2-4-8-13/h2-4,7-8,14-15H,5-6,9-12,18H2,1H3. The molecule has 23 heavy (non-hydrogen) atoms. The van der Waals surface area contributed by atoms with Gasteiger partial charge in [-0.2, -0.15) is 0 Å². The second-order valence-electron chi connectivity index (χ2n) is 5.75. The van der Waals surface area contributed by atoms with Gasteiger partial charge in [-0.3, -0.25) is 4.79 Å². The van der Waals surface area contributed by atoms with E-state index in [4.69, 9.17) is 10.5 Å². The number of piperidine rings is 1. The molecule has 0 aliphatic carbocycles. The van der Waals surface area contributed by atoms with Crippen LogP contribution in [0.5, 0.6) is 0 Å². The first-order chi connectivity index (χ1) is 11.1. The predicted molar refractivity (Wildman–Crippen MR) is 85.6 cm³/mol. The van der Waals surface area contributed by atoms with E-state index in [-0.39, 0.29) is 18.7 Å². The molecule has 0 bridgehead atoms. The Balaban J connectivity index is 1.91. The van der Waals surface area contributed by atoms with Crippen LogP contribution in [-0.4, -0.2) is 42.7 Å². The van der Waals surface area contributed by atoms with E-state index < -0.39 is 12.0 Å². The number of hydrogen-bond donors (Lipinski definition) is 1. The van der Waals surface area contributed by atoms with Crippen molar-refractivity contribution in [3.63, 3.8) is 0 Å². The Hall–Kier alpha value is -2.08. The number of hydrogen-bond acceptors (Lipinski definition) is 5. The lowest BCUT2D eigenvalue weighted by Crippen LogP contribution is -2.48. The van der Waals surface area contributed by atoms with Crippen molar-refractivity contribution in [2.45, 2.75) is 44.4 Å². The second kappa shape index (κ2) is 8.53. The summed E-state index contributed by atoms with van der Waals surface area (Å²) in [7, 11) is 1.31. The van der Waals surface area contributed by atoms with Crippen LogP contribution in [0.15, 0.2) is 30.3 Å². The topological polar surface area (TPSA) is 81.9 Å². The van der Waals surface area contributed by atoms with Crippen molar-refractivity contribution in [3.05, 3.63) is 35.9 Å². The smallest absolute Gasteiger partial charge is 0.410 e. The maximum atomic E-state index is 12.3. The van der Waals surface area contributed by atoms with E-state index in [1.54, 1.807) is 4.90 Å². The molecular weight excluding hydrogens is 296 g/mol. The molecule has 1 aliphatic rings. The van der Waals surface area contributed by atoms with E-state index in [0.29, 0.717) is 13.0 Å². The van der Waals surface area contributed by atoms with Gasteiger partial charge >= 0.3 is 12.1 Å². The van der Waals surface area contributed by atoms with Gasteiger partial charge in [0.05, 0.1) is 7.11 Å². The van der Waals surface area contributed by atoms with Crippen LogP contribution in [-0.2, 0) is 20.9 Å². The van der Waals surface area contributed by atoms with Crippen LogP contribution in [0.3, 0.4) is 0 Å². The van der Waals surface area contributed by atoms with Gasteiger partial charge in [-0.25, -0.2) is 4.79 Å². The average molecular weight is 320 g/mol. The molecule has 1 heterocycles. The Bertz CT molecular complexity index is 521. The first kappa shape index (κ1) is 17.3. The number of ether oxygens (including phenoxy) is 2. The molecule has 2 N–H and O–H groups in total. The van der Waals surface area contributed by atoms with Crippen LogP contribution < -0.4 is 5.73 Å². The highest BCUT2D eigenvalue weighted by atomic mass is 16.6. The van der Waals surface area contributed by atoms with E-state index in [1.807, 2.05) is 30.3 Å². The third-order valence-corrected chi connectivity index (χ3v) is 4.10. The van der Waals surface area contributed by atoms with Crippen LogP contribution in [0.4, 0.5) is 4.79 Å². The number of carbonyl (C=O) groups excluding carboxylic acids is 2. The van der Waals surface area contributed by atoms with Gasteiger partial charge in [-0.15, -0.1) is 0 Å². The number of rotatable bonds is 5. The normalized spacial score (nSPS) is 19.0. The van der Waals surface area contributed by atoms with Crippen molar-refractivity contribution in [3.8, 4) is 0 Å². The number of carbonyl (C=O) groups is 2. The maximum absolute atomic E-state index is 12.3. The summed E-state index contributed by atoms with van der Waals surface area (Å²) in [5.74, 6) is -0.451. The molecule has 2 unspecified atom stereocenters. The van der Waals surface area contributed by atoms with Crippen LogP contribution in [0.2, 0.25) is 0 Å². The fourth-order valence-electron chi connectivity index (χ4n) is 2.83. The number of nitrogens with zero attached hydrogens (tertiary/aromatic N) is 1. The second-order valence-corrected chi connectivity index (χ2v) is 5.75. The molecule has 0 saturated carbocycles. The van der Waals surface area contributed by atoms with Gasteiger partial charge in [0.1, 0.15) is 12.6 Å². The van der Waals surface area contributed by atoms with Gasteiger partial charge in [0, 0.05) is 12.6 Å². The zero-order valence-electron chi connectivity index (χ0n) is 13.4. The molecule has 0 aromatic heterocycles. The summed E-state index contributed by atoms with van der Waals surface area (Å²) in [6, 6.07) is 8.75. The summed E-state index contributed by atoms with van der Waals surface area (Å²) in [4.78, 5) is 25.5. The number of nitrogens with two attached hydrogens (primary N) is 1. The average Bonchev–Trinajstić information content (AvgIpc) is 2.60. The van der Waals surface area contributed by atoms with Gasteiger partial charge in [-0.1, -0.05) is 30.3 Å². The summed E-state index contributed by atoms with van der Waals surface area (Å²) >= 11 is 0. The van der Waals surface area contributed by atoms with Gasteiger partial charge < -0.3 is 20.1 Å². The summed E-state index contributed by atoms with van der Waals surface area (Å²) in [6.07, 6.45) is 2.82. The van der Waals surface area contributed by atoms with Gasteiger partial charge in [-0.05, 0) is 31.2 Å². The minimum absolute atomic E-state index is 0.0823. The molecular formula is C17H24N2O4. The molecule has 6 heteroatoms. The molecule has 1 amide bonds. The molecule has 1 aromatic carbocycles. The molecule has 6 nitrogen and oxygen atoms in total. The largest absolute Gasteiger partial charge is 0.468 e. The number of amides is 1.